The molecule has 0 radical (unpaired) electrons. The predicted molar refractivity (Wildman–Crippen MR) is 121 cm³/mol. The van der Waals surface area contributed by atoms with Crippen molar-refractivity contribution in [1.29, 1.82) is 0 Å². The van der Waals surface area contributed by atoms with Crippen LogP contribution in [0.1, 0.15) is 57.2 Å². The van der Waals surface area contributed by atoms with Gasteiger partial charge >= 0.3 is 0 Å². The first kappa shape index (κ1) is 21.9. The Hall–Kier alpha value is -2.80. The number of benzene rings is 2. The van der Waals surface area contributed by atoms with Crippen molar-refractivity contribution in [1.82, 2.24) is 9.36 Å². The largest absolute Gasteiger partial charge is 0.296 e. The van der Waals surface area contributed by atoms with Crippen molar-refractivity contribution in [2.24, 2.45) is 7.05 Å². The number of rotatable bonds is 7. The molecule has 3 aromatic rings. The summed E-state index contributed by atoms with van der Waals surface area (Å²) in [5.74, 6) is 0.299. The molecule has 7 heteroatoms. The molecule has 0 fully saturated rings. The summed E-state index contributed by atoms with van der Waals surface area (Å²) in [5, 5.41) is 0. The lowest BCUT2D eigenvalue weighted by Gasteiger charge is -2.14. The Labute approximate surface area is 178 Å². The van der Waals surface area contributed by atoms with Crippen LogP contribution in [0.4, 0.5) is 5.69 Å². The number of para-hydroxylation sites is 1. The summed E-state index contributed by atoms with van der Waals surface area (Å²) >= 11 is 0. The second-order valence-corrected chi connectivity index (χ2v) is 9.56. The van der Waals surface area contributed by atoms with Crippen LogP contribution in [0.15, 0.2) is 64.3 Å². The van der Waals surface area contributed by atoms with Gasteiger partial charge in [0.1, 0.15) is 5.69 Å². The molecule has 0 bridgehead atoms. The second kappa shape index (κ2) is 8.52. The van der Waals surface area contributed by atoms with E-state index in [4.69, 9.17) is 0 Å². The minimum Gasteiger partial charge on any atom is -0.283 e. The normalized spacial score (nSPS) is 12.9. The van der Waals surface area contributed by atoms with Crippen LogP contribution >= 0.6 is 0 Å². The molecule has 30 heavy (non-hydrogen) atoms. The van der Waals surface area contributed by atoms with Gasteiger partial charge in [-0.1, -0.05) is 58.0 Å². The molecule has 160 valence electrons. The van der Waals surface area contributed by atoms with Crippen LogP contribution in [0.5, 0.6) is 0 Å². The monoisotopic (exact) mass is 427 g/mol. The van der Waals surface area contributed by atoms with Crippen LogP contribution in [0.25, 0.3) is 5.69 Å². The molecule has 1 aromatic heterocycles. The molecule has 6 nitrogen and oxygen atoms in total. The van der Waals surface area contributed by atoms with Gasteiger partial charge in [0.2, 0.25) is 0 Å². The van der Waals surface area contributed by atoms with Crippen LogP contribution in [0.2, 0.25) is 0 Å². The molecule has 3 rings (SSSR count). The smallest absolute Gasteiger partial charge is 0.283 e. The van der Waals surface area contributed by atoms with Crippen LogP contribution in [-0.4, -0.2) is 17.8 Å². The van der Waals surface area contributed by atoms with Crippen LogP contribution in [0, 0.1) is 0 Å². The van der Waals surface area contributed by atoms with Crippen molar-refractivity contribution in [2.75, 3.05) is 4.72 Å². The molecule has 0 aliphatic heterocycles. The third-order valence-corrected chi connectivity index (χ3v) is 6.83. The molecule has 0 saturated carbocycles. The van der Waals surface area contributed by atoms with E-state index in [1.165, 1.54) is 4.68 Å². The van der Waals surface area contributed by atoms with Crippen LogP contribution in [0.3, 0.4) is 0 Å². The summed E-state index contributed by atoms with van der Waals surface area (Å²) in [6, 6.07) is 16.0. The maximum absolute atomic E-state index is 13.2. The van der Waals surface area contributed by atoms with E-state index in [1.54, 1.807) is 23.9 Å². The molecule has 0 aliphatic carbocycles. The minimum absolute atomic E-state index is 0.0573. The third kappa shape index (κ3) is 4.07. The average Bonchev–Trinajstić information content (AvgIpc) is 2.97. The van der Waals surface area contributed by atoms with Crippen LogP contribution in [-0.2, 0) is 17.1 Å². The minimum atomic E-state index is -3.90. The highest BCUT2D eigenvalue weighted by atomic mass is 32.2. The van der Waals surface area contributed by atoms with E-state index in [1.807, 2.05) is 56.3 Å². The topological polar surface area (TPSA) is 73.1 Å². The zero-order valence-corrected chi connectivity index (χ0v) is 18.9. The quantitative estimate of drug-likeness (QED) is 0.598. The molecule has 1 heterocycles. The maximum Gasteiger partial charge on any atom is 0.296 e. The number of nitrogens with zero attached hydrogens (tertiary/aromatic N) is 2. The molecule has 0 spiro atoms. The summed E-state index contributed by atoms with van der Waals surface area (Å²) in [4.78, 5) is 13.4. The molecule has 0 amide bonds. The van der Waals surface area contributed by atoms with E-state index >= 15 is 0 Å². The van der Waals surface area contributed by atoms with Gasteiger partial charge in [0.25, 0.3) is 15.6 Å². The van der Waals surface area contributed by atoms with Gasteiger partial charge in [0.15, 0.2) is 0 Å². The average molecular weight is 428 g/mol. The van der Waals surface area contributed by atoms with Crippen molar-refractivity contribution < 1.29 is 8.42 Å². The molecule has 0 saturated heterocycles. The zero-order chi connectivity index (χ0) is 22.1. The Kier molecular flexibility index (Phi) is 6.22. The van der Waals surface area contributed by atoms with Gasteiger partial charge in [-0.25, -0.2) is 13.1 Å². The number of nitrogens with one attached hydrogen (secondary N) is 1. The van der Waals surface area contributed by atoms with E-state index in [0.29, 0.717) is 17.3 Å². The molecule has 0 aliphatic rings. The van der Waals surface area contributed by atoms with Gasteiger partial charge in [0.05, 0.1) is 16.3 Å². The summed E-state index contributed by atoms with van der Waals surface area (Å²) in [7, 11) is -2.14. The number of anilines is 1. The number of aromatic nitrogens is 2. The Morgan fingerprint density at radius 2 is 1.57 bits per heavy atom. The Morgan fingerprint density at radius 3 is 2.10 bits per heavy atom. The van der Waals surface area contributed by atoms with Gasteiger partial charge < -0.3 is 0 Å². The lowest BCUT2D eigenvalue weighted by Crippen LogP contribution is -2.23. The molecular weight excluding hydrogens is 398 g/mol. The first-order valence-corrected chi connectivity index (χ1v) is 11.7. The standard InChI is InChI=1S/C23H29N3O3S/c1-6-17(4)18-12-14-20(15-13-18)30(28,29)24-21-22(16(2)3)25(5)26(23(21)27)19-10-8-7-9-11-19/h7-17,24H,6H2,1-5H3. The summed E-state index contributed by atoms with van der Waals surface area (Å²) in [6.07, 6.45) is 0.977. The molecular formula is C23H29N3O3S. The van der Waals surface area contributed by atoms with Crippen molar-refractivity contribution in [3.63, 3.8) is 0 Å². The third-order valence-electron chi connectivity index (χ3n) is 5.47. The number of hydrogen-bond acceptors (Lipinski definition) is 3. The van der Waals surface area contributed by atoms with Crippen molar-refractivity contribution in [3.8, 4) is 5.69 Å². The molecule has 1 unspecified atom stereocenters. The maximum atomic E-state index is 13.2. The van der Waals surface area contributed by atoms with Crippen molar-refractivity contribution >= 4 is 15.7 Å². The van der Waals surface area contributed by atoms with E-state index < -0.39 is 15.6 Å². The second-order valence-electron chi connectivity index (χ2n) is 7.87. The highest BCUT2D eigenvalue weighted by Gasteiger charge is 2.26. The molecule has 1 atom stereocenters. The van der Waals surface area contributed by atoms with Gasteiger partial charge in [-0.2, -0.15) is 0 Å². The first-order chi connectivity index (χ1) is 14.2. The zero-order valence-electron chi connectivity index (χ0n) is 18.1. The van der Waals surface area contributed by atoms with Crippen molar-refractivity contribution in [3.05, 3.63) is 76.2 Å². The van der Waals surface area contributed by atoms with Gasteiger partial charge in [0, 0.05) is 7.05 Å². The Bertz CT molecular complexity index is 1170. The van der Waals surface area contributed by atoms with E-state index in [9.17, 15) is 13.2 Å². The Morgan fingerprint density at radius 1 is 0.967 bits per heavy atom. The lowest BCUT2D eigenvalue weighted by atomic mass is 9.99. The lowest BCUT2D eigenvalue weighted by molar-refractivity contribution is 0.594. The van der Waals surface area contributed by atoms with E-state index in [0.717, 1.165) is 12.0 Å². The molecule has 2 aromatic carbocycles. The first-order valence-electron chi connectivity index (χ1n) is 10.2. The molecule has 1 N–H and O–H groups in total. The number of hydrogen-bond donors (Lipinski definition) is 1. The highest BCUT2D eigenvalue weighted by Crippen LogP contribution is 2.26. The SMILES string of the molecule is CCC(C)c1ccc(S(=O)(=O)Nc2c(C(C)C)n(C)n(-c3ccccc3)c2=O)cc1. The fraction of sp³-hybridized carbons (Fsp3) is 0.348. The van der Waals surface area contributed by atoms with Crippen LogP contribution < -0.4 is 10.3 Å². The summed E-state index contributed by atoms with van der Waals surface area (Å²) < 4.78 is 31.9. The van der Waals surface area contributed by atoms with Crippen molar-refractivity contribution in [2.45, 2.75) is 50.8 Å². The number of sulfonamides is 1. The van der Waals surface area contributed by atoms with Gasteiger partial charge in [-0.3, -0.25) is 14.2 Å². The summed E-state index contributed by atoms with van der Waals surface area (Å²) in [6.45, 7) is 8.07. The summed E-state index contributed by atoms with van der Waals surface area (Å²) in [5.41, 5.74) is 2.08. The van der Waals surface area contributed by atoms with E-state index in [2.05, 4.69) is 18.6 Å². The Balaban J connectivity index is 2.07. The van der Waals surface area contributed by atoms with Gasteiger partial charge in [-0.15, -0.1) is 0 Å². The van der Waals surface area contributed by atoms with E-state index in [-0.39, 0.29) is 16.5 Å². The fourth-order valence-electron chi connectivity index (χ4n) is 3.64. The van der Waals surface area contributed by atoms with Gasteiger partial charge in [-0.05, 0) is 48.1 Å². The predicted octanol–water partition coefficient (Wildman–Crippen LogP) is 4.61. The fourth-order valence-corrected chi connectivity index (χ4v) is 4.72. The highest BCUT2D eigenvalue weighted by molar-refractivity contribution is 7.92.